The molecule has 2 aromatic carbocycles. The van der Waals surface area contributed by atoms with Gasteiger partial charge in [-0.15, -0.1) is 0 Å². The number of anilines is 2. The van der Waals surface area contributed by atoms with Gasteiger partial charge >= 0.3 is 0 Å². The van der Waals surface area contributed by atoms with Crippen molar-refractivity contribution >= 4 is 23.1 Å². The summed E-state index contributed by atoms with van der Waals surface area (Å²) in [7, 11) is 3.79. The summed E-state index contributed by atoms with van der Waals surface area (Å²) in [6, 6.07) is 14.1. The van der Waals surface area contributed by atoms with Gasteiger partial charge in [0.05, 0.1) is 13.1 Å². The van der Waals surface area contributed by atoms with Gasteiger partial charge in [0.1, 0.15) is 0 Å². The third-order valence-corrected chi connectivity index (χ3v) is 5.82. The number of ketones is 1. The van der Waals surface area contributed by atoms with Gasteiger partial charge in [0, 0.05) is 35.6 Å². The molecular formula is C25H31N3O2. The smallest absolute Gasteiger partial charge is 0.238 e. The van der Waals surface area contributed by atoms with E-state index in [4.69, 9.17) is 0 Å². The molecule has 158 valence electrons. The molecule has 1 N–H and O–H groups in total. The van der Waals surface area contributed by atoms with Gasteiger partial charge in [-0.2, -0.15) is 0 Å². The molecule has 5 heteroatoms. The van der Waals surface area contributed by atoms with E-state index in [1.165, 1.54) is 5.56 Å². The fraction of sp³-hybridized carbons (Fsp3) is 0.360. The Morgan fingerprint density at radius 1 is 1.03 bits per heavy atom. The van der Waals surface area contributed by atoms with Gasteiger partial charge in [0.15, 0.2) is 5.78 Å². The first kappa shape index (κ1) is 21.8. The van der Waals surface area contributed by atoms with Crippen molar-refractivity contribution < 1.29 is 9.59 Å². The molecular weight excluding hydrogens is 374 g/mol. The summed E-state index contributed by atoms with van der Waals surface area (Å²) in [5.74, 6) is -0.138. The highest BCUT2D eigenvalue weighted by atomic mass is 16.2. The Morgan fingerprint density at radius 3 is 2.30 bits per heavy atom. The number of carbonyl (C=O) groups excluding carboxylic acids is 2. The van der Waals surface area contributed by atoms with E-state index in [1.807, 2.05) is 51.2 Å². The zero-order valence-electron chi connectivity index (χ0n) is 18.7. The largest absolute Gasteiger partial charge is 0.347 e. The molecule has 30 heavy (non-hydrogen) atoms. The van der Waals surface area contributed by atoms with E-state index in [9.17, 15) is 9.59 Å². The van der Waals surface area contributed by atoms with Crippen LogP contribution in [0.25, 0.3) is 0 Å². The van der Waals surface area contributed by atoms with Crippen LogP contribution >= 0.6 is 0 Å². The summed E-state index contributed by atoms with van der Waals surface area (Å²) in [6.45, 7) is 8.55. The number of benzene rings is 2. The van der Waals surface area contributed by atoms with Crippen LogP contribution in [-0.4, -0.2) is 43.8 Å². The summed E-state index contributed by atoms with van der Waals surface area (Å²) in [6.07, 6.45) is 1.72. The van der Waals surface area contributed by atoms with Gasteiger partial charge in [0.25, 0.3) is 0 Å². The second-order valence-corrected chi connectivity index (χ2v) is 8.68. The van der Waals surface area contributed by atoms with Gasteiger partial charge in [0.2, 0.25) is 5.91 Å². The standard InChI is InChI=1S/C25H31N3O2/c1-17-10-9-11-18(2)24(17)26-23(30)16-27(5)15-19(29)14-22-25(3,4)20-12-7-8-13-21(20)28(22)6/h7-14H,15-16H2,1-6H3,(H,26,30)/b22-14+. The lowest BCUT2D eigenvalue weighted by atomic mass is 9.83. The highest BCUT2D eigenvalue weighted by Crippen LogP contribution is 2.46. The van der Waals surface area contributed by atoms with Crippen molar-refractivity contribution in [3.8, 4) is 0 Å². The zero-order chi connectivity index (χ0) is 22.1. The van der Waals surface area contributed by atoms with Crippen LogP contribution in [0.4, 0.5) is 11.4 Å². The molecule has 1 heterocycles. The number of para-hydroxylation sites is 2. The number of nitrogens with zero attached hydrogens (tertiary/aromatic N) is 2. The SMILES string of the molecule is Cc1cccc(C)c1NC(=O)CN(C)CC(=O)/C=C1/N(C)c2ccccc2C1(C)C. The van der Waals surface area contributed by atoms with E-state index in [2.05, 4.69) is 36.2 Å². The van der Waals surface area contributed by atoms with Crippen molar-refractivity contribution in [2.75, 3.05) is 37.4 Å². The topological polar surface area (TPSA) is 52.7 Å². The van der Waals surface area contributed by atoms with Crippen LogP contribution in [0, 0.1) is 13.8 Å². The number of nitrogens with one attached hydrogen (secondary N) is 1. The van der Waals surface area contributed by atoms with E-state index < -0.39 is 0 Å². The van der Waals surface area contributed by atoms with E-state index in [1.54, 1.807) is 18.0 Å². The van der Waals surface area contributed by atoms with Crippen molar-refractivity contribution in [3.05, 3.63) is 70.9 Å². The van der Waals surface area contributed by atoms with Gasteiger partial charge in [-0.25, -0.2) is 0 Å². The fourth-order valence-electron chi connectivity index (χ4n) is 4.21. The number of allylic oxidation sites excluding steroid dienone is 1. The van der Waals surface area contributed by atoms with Crippen LogP contribution in [0.15, 0.2) is 54.2 Å². The molecule has 3 rings (SSSR count). The first-order valence-corrected chi connectivity index (χ1v) is 10.2. The average molecular weight is 406 g/mol. The molecule has 5 nitrogen and oxygen atoms in total. The number of aryl methyl sites for hydroxylation is 2. The Labute approximate surface area is 179 Å². The molecule has 0 fully saturated rings. The van der Waals surface area contributed by atoms with Crippen molar-refractivity contribution in [1.82, 2.24) is 4.90 Å². The van der Waals surface area contributed by atoms with Crippen LogP contribution < -0.4 is 10.2 Å². The van der Waals surface area contributed by atoms with Crippen LogP contribution in [0.2, 0.25) is 0 Å². The third kappa shape index (κ3) is 4.31. The molecule has 0 bridgehead atoms. The van der Waals surface area contributed by atoms with Gasteiger partial charge in [-0.3, -0.25) is 14.5 Å². The van der Waals surface area contributed by atoms with Crippen molar-refractivity contribution in [2.24, 2.45) is 0 Å². The van der Waals surface area contributed by atoms with Crippen molar-refractivity contribution in [1.29, 1.82) is 0 Å². The number of rotatable bonds is 6. The second kappa shape index (κ2) is 8.44. The van der Waals surface area contributed by atoms with Crippen molar-refractivity contribution in [2.45, 2.75) is 33.1 Å². The van der Waals surface area contributed by atoms with E-state index >= 15 is 0 Å². The Hall–Kier alpha value is -2.92. The maximum absolute atomic E-state index is 12.8. The Bertz CT molecular complexity index is 987. The molecule has 1 amide bonds. The molecule has 0 saturated carbocycles. The molecule has 0 radical (unpaired) electrons. The van der Waals surface area contributed by atoms with Crippen LogP contribution in [0.5, 0.6) is 0 Å². The monoisotopic (exact) mass is 405 g/mol. The minimum Gasteiger partial charge on any atom is -0.347 e. The predicted octanol–water partition coefficient (Wildman–Crippen LogP) is 4.05. The minimum atomic E-state index is -0.237. The molecule has 2 aromatic rings. The Kier molecular flexibility index (Phi) is 6.13. The number of amides is 1. The van der Waals surface area contributed by atoms with E-state index in [-0.39, 0.29) is 30.2 Å². The highest BCUT2D eigenvalue weighted by Gasteiger charge is 2.38. The lowest BCUT2D eigenvalue weighted by Crippen LogP contribution is -2.34. The number of hydrogen-bond donors (Lipinski definition) is 1. The maximum Gasteiger partial charge on any atom is 0.238 e. The third-order valence-electron chi connectivity index (χ3n) is 5.82. The van der Waals surface area contributed by atoms with E-state index in [0.717, 1.165) is 28.2 Å². The highest BCUT2D eigenvalue weighted by molar-refractivity contribution is 5.96. The van der Waals surface area contributed by atoms with Crippen LogP contribution in [0.1, 0.15) is 30.5 Å². The predicted molar refractivity (Wildman–Crippen MR) is 123 cm³/mol. The summed E-state index contributed by atoms with van der Waals surface area (Å²) in [4.78, 5) is 29.1. The van der Waals surface area contributed by atoms with Gasteiger partial charge in [-0.05, 0) is 43.7 Å². The number of likely N-dealkylation sites (N-methyl/N-ethyl adjacent to an activating group) is 2. The summed E-state index contributed by atoms with van der Waals surface area (Å²) < 4.78 is 0. The van der Waals surface area contributed by atoms with Gasteiger partial charge < -0.3 is 10.2 Å². The summed E-state index contributed by atoms with van der Waals surface area (Å²) in [5, 5.41) is 2.97. The first-order chi connectivity index (χ1) is 14.1. The van der Waals surface area contributed by atoms with Crippen LogP contribution in [-0.2, 0) is 15.0 Å². The molecule has 0 aliphatic carbocycles. The normalized spacial score (nSPS) is 16.1. The Morgan fingerprint density at radius 2 is 1.67 bits per heavy atom. The molecule has 0 atom stereocenters. The lowest BCUT2D eigenvalue weighted by molar-refractivity contribution is -0.118. The second-order valence-electron chi connectivity index (χ2n) is 8.68. The lowest BCUT2D eigenvalue weighted by Gasteiger charge is -2.24. The summed E-state index contributed by atoms with van der Waals surface area (Å²) in [5.41, 5.74) is 5.98. The van der Waals surface area contributed by atoms with Gasteiger partial charge in [-0.1, -0.05) is 50.2 Å². The van der Waals surface area contributed by atoms with Crippen LogP contribution in [0.3, 0.4) is 0 Å². The molecule has 1 aliphatic heterocycles. The van der Waals surface area contributed by atoms with E-state index in [0.29, 0.717) is 0 Å². The molecule has 0 aromatic heterocycles. The fourth-order valence-corrected chi connectivity index (χ4v) is 4.21. The number of fused-ring (bicyclic) bond motifs is 1. The average Bonchev–Trinajstić information content (AvgIpc) is 2.86. The molecule has 0 saturated heterocycles. The first-order valence-electron chi connectivity index (χ1n) is 10.2. The maximum atomic E-state index is 12.8. The Balaban J connectivity index is 1.64. The molecule has 0 unspecified atom stereocenters. The molecule has 1 aliphatic rings. The minimum absolute atomic E-state index is 0.0138. The quantitative estimate of drug-likeness (QED) is 0.737. The summed E-state index contributed by atoms with van der Waals surface area (Å²) >= 11 is 0. The number of carbonyl (C=O) groups is 2. The van der Waals surface area contributed by atoms with Crippen molar-refractivity contribution in [3.63, 3.8) is 0 Å². The number of hydrogen-bond acceptors (Lipinski definition) is 4. The zero-order valence-corrected chi connectivity index (χ0v) is 18.7. The molecule has 0 spiro atoms.